The molecule has 4 nitrogen and oxygen atoms in total. The molecule has 1 aliphatic carbocycles. The molecule has 2 unspecified atom stereocenters. The van der Waals surface area contributed by atoms with Crippen LogP contribution < -0.4 is 15.4 Å². The summed E-state index contributed by atoms with van der Waals surface area (Å²) in [6.07, 6.45) is 4.16. The van der Waals surface area contributed by atoms with Crippen molar-refractivity contribution in [1.29, 1.82) is 0 Å². The highest BCUT2D eigenvalue weighted by atomic mass is 16.5. The van der Waals surface area contributed by atoms with Crippen molar-refractivity contribution >= 4 is 5.91 Å². The van der Waals surface area contributed by atoms with Crippen LogP contribution in [0.25, 0.3) is 0 Å². The lowest BCUT2D eigenvalue weighted by molar-refractivity contribution is -0.123. The molecule has 0 aliphatic heterocycles. The van der Waals surface area contributed by atoms with Gasteiger partial charge in [0, 0.05) is 12.1 Å². The number of fused-ring (bicyclic) bond motifs is 1. The van der Waals surface area contributed by atoms with Crippen LogP contribution in [-0.2, 0) is 11.2 Å². The van der Waals surface area contributed by atoms with Gasteiger partial charge in [0.1, 0.15) is 5.75 Å². The standard InChI is InChI=1S/C17H26N2O2/c1-4-6-12(2)19-17(20)11-21-16-8-5-7-13-14(16)9-10-15(13)18-3/h5,7-8,12,15,18H,4,6,9-11H2,1-3H3,(H,19,20). The summed E-state index contributed by atoms with van der Waals surface area (Å²) in [6.45, 7) is 4.23. The summed E-state index contributed by atoms with van der Waals surface area (Å²) in [5.74, 6) is 0.806. The average molecular weight is 290 g/mol. The minimum atomic E-state index is -0.0447. The first-order valence-corrected chi connectivity index (χ1v) is 7.87. The lowest BCUT2D eigenvalue weighted by Crippen LogP contribution is -2.36. The van der Waals surface area contributed by atoms with Crippen LogP contribution in [0.5, 0.6) is 5.75 Å². The summed E-state index contributed by atoms with van der Waals surface area (Å²) >= 11 is 0. The molecule has 0 aromatic heterocycles. The van der Waals surface area contributed by atoms with Crippen molar-refractivity contribution in [2.24, 2.45) is 0 Å². The summed E-state index contributed by atoms with van der Waals surface area (Å²) < 4.78 is 5.74. The normalized spacial score (nSPS) is 18.1. The highest BCUT2D eigenvalue weighted by Crippen LogP contribution is 2.36. The molecule has 2 rings (SSSR count). The molecule has 0 heterocycles. The summed E-state index contributed by atoms with van der Waals surface area (Å²) in [6, 6.07) is 6.71. The summed E-state index contributed by atoms with van der Waals surface area (Å²) in [4.78, 5) is 11.9. The molecular formula is C17H26N2O2. The molecule has 0 saturated carbocycles. The molecule has 0 radical (unpaired) electrons. The zero-order valence-electron chi connectivity index (χ0n) is 13.2. The maximum absolute atomic E-state index is 11.9. The fourth-order valence-electron chi connectivity index (χ4n) is 3.02. The maximum Gasteiger partial charge on any atom is 0.258 e. The Balaban J connectivity index is 1.93. The fourth-order valence-corrected chi connectivity index (χ4v) is 3.02. The molecule has 116 valence electrons. The highest BCUT2D eigenvalue weighted by Gasteiger charge is 2.24. The second-order valence-electron chi connectivity index (χ2n) is 5.75. The zero-order valence-corrected chi connectivity index (χ0v) is 13.2. The van der Waals surface area contributed by atoms with E-state index in [-0.39, 0.29) is 18.6 Å². The summed E-state index contributed by atoms with van der Waals surface area (Å²) in [5.41, 5.74) is 2.54. The van der Waals surface area contributed by atoms with Crippen LogP contribution in [0, 0.1) is 0 Å². The Labute approximate surface area is 127 Å². The van der Waals surface area contributed by atoms with Gasteiger partial charge in [0.15, 0.2) is 6.61 Å². The number of carbonyl (C=O) groups excluding carboxylic acids is 1. The quantitative estimate of drug-likeness (QED) is 0.811. The van der Waals surface area contributed by atoms with Crippen molar-refractivity contribution in [3.63, 3.8) is 0 Å². The topological polar surface area (TPSA) is 50.4 Å². The first-order chi connectivity index (χ1) is 10.2. The number of hydrogen-bond acceptors (Lipinski definition) is 3. The van der Waals surface area contributed by atoms with Crippen LogP contribution in [0.3, 0.4) is 0 Å². The van der Waals surface area contributed by atoms with E-state index in [2.05, 4.69) is 23.6 Å². The van der Waals surface area contributed by atoms with Crippen molar-refractivity contribution in [1.82, 2.24) is 10.6 Å². The van der Waals surface area contributed by atoms with Gasteiger partial charge in [-0.25, -0.2) is 0 Å². The van der Waals surface area contributed by atoms with E-state index in [1.54, 1.807) is 0 Å². The molecule has 0 saturated heterocycles. The largest absolute Gasteiger partial charge is 0.483 e. The summed E-state index contributed by atoms with van der Waals surface area (Å²) in [5, 5.41) is 6.28. The van der Waals surface area contributed by atoms with E-state index >= 15 is 0 Å². The molecule has 1 amide bonds. The first-order valence-electron chi connectivity index (χ1n) is 7.87. The molecular weight excluding hydrogens is 264 g/mol. The van der Waals surface area contributed by atoms with Gasteiger partial charge in [-0.3, -0.25) is 4.79 Å². The van der Waals surface area contributed by atoms with Crippen LogP contribution in [0.15, 0.2) is 18.2 Å². The Kier molecular flexibility index (Phi) is 5.62. The molecule has 2 atom stereocenters. The predicted molar refractivity (Wildman–Crippen MR) is 84.6 cm³/mol. The minimum Gasteiger partial charge on any atom is -0.483 e. The maximum atomic E-state index is 11.9. The molecule has 2 N–H and O–H groups in total. The van der Waals surface area contributed by atoms with Crippen molar-refractivity contribution in [3.05, 3.63) is 29.3 Å². The van der Waals surface area contributed by atoms with Crippen LogP contribution in [-0.4, -0.2) is 25.6 Å². The van der Waals surface area contributed by atoms with Gasteiger partial charge in [-0.2, -0.15) is 0 Å². The van der Waals surface area contributed by atoms with E-state index in [1.807, 2.05) is 26.1 Å². The molecule has 0 bridgehead atoms. The van der Waals surface area contributed by atoms with E-state index in [1.165, 1.54) is 11.1 Å². The van der Waals surface area contributed by atoms with Gasteiger partial charge in [-0.1, -0.05) is 25.5 Å². The van der Waals surface area contributed by atoms with Gasteiger partial charge in [0.2, 0.25) is 0 Å². The Hall–Kier alpha value is -1.55. The highest BCUT2D eigenvalue weighted by molar-refractivity contribution is 5.77. The lowest BCUT2D eigenvalue weighted by atomic mass is 10.1. The van der Waals surface area contributed by atoms with Crippen molar-refractivity contribution in [3.8, 4) is 5.75 Å². The molecule has 0 fully saturated rings. The molecule has 4 heteroatoms. The predicted octanol–water partition coefficient (Wildman–Crippen LogP) is 2.58. The van der Waals surface area contributed by atoms with Gasteiger partial charge in [0.25, 0.3) is 5.91 Å². The Morgan fingerprint density at radius 2 is 2.29 bits per heavy atom. The Morgan fingerprint density at radius 1 is 1.48 bits per heavy atom. The van der Waals surface area contributed by atoms with Crippen LogP contribution in [0.2, 0.25) is 0 Å². The molecule has 1 aromatic carbocycles. The van der Waals surface area contributed by atoms with E-state index < -0.39 is 0 Å². The molecule has 0 spiro atoms. The van der Waals surface area contributed by atoms with Crippen LogP contribution in [0.1, 0.15) is 50.3 Å². The molecule has 1 aliphatic rings. The summed E-state index contributed by atoms with van der Waals surface area (Å²) in [7, 11) is 1.98. The number of ether oxygens (including phenoxy) is 1. The number of amides is 1. The average Bonchev–Trinajstić information content (AvgIpc) is 2.88. The van der Waals surface area contributed by atoms with Gasteiger partial charge >= 0.3 is 0 Å². The SMILES string of the molecule is CCCC(C)NC(=O)COc1cccc2c1CCC2NC. The second kappa shape index (κ2) is 7.46. The van der Waals surface area contributed by atoms with Crippen molar-refractivity contribution < 1.29 is 9.53 Å². The van der Waals surface area contributed by atoms with Crippen molar-refractivity contribution in [2.45, 2.75) is 51.6 Å². The minimum absolute atomic E-state index is 0.0447. The number of carbonyl (C=O) groups is 1. The monoisotopic (exact) mass is 290 g/mol. The molecule has 1 aromatic rings. The van der Waals surface area contributed by atoms with Crippen LogP contribution in [0.4, 0.5) is 0 Å². The fraction of sp³-hybridized carbons (Fsp3) is 0.588. The third-order valence-corrected chi connectivity index (χ3v) is 4.06. The lowest BCUT2D eigenvalue weighted by Gasteiger charge is -2.15. The van der Waals surface area contributed by atoms with Crippen LogP contribution >= 0.6 is 0 Å². The second-order valence-corrected chi connectivity index (χ2v) is 5.75. The number of nitrogens with one attached hydrogen (secondary N) is 2. The van der Waals surface area contributed by atoms with E-state index in [9.17, 15) is 4.79 Å². The number of hydrogen-bond donors (Lipinski definition) is 2. The number of rotatable bonds is 7. The van der Waals surface area contributed by atoms with E-state index in [4.69, 9.17) is 4.74 Å². The van der Waals surface area contributed by atoms with Gasteiger partial charge in [0.05, 0.1) is 0 Å². The van der Waals surface area contributed by atoms with E-state index in [0.717, 1.165) is 31.4 Å². The van der Waals surface area contributed by atoms with Gasteiger partial charge in [-0.05, 0) is 50.4 Å². The van der Waals surface area contributed by atoms with Gasteiger partial charge in [-0.15, -0.1) is 0 Å². The number of benzene rings is 1. The van der Waals surface area contributed by atoms with Crippen molar-refractivity contribution in [2.75, 3.05) is 13.7 Å². The Bertz CT molecular complexity index is 488. The molecule has 21 heavy (non-hydrogen) atoms. The first kappa shape index (κ1) is 15.8. The zero-order chi connectivity index (χ0) is 15.2. The Morgan fingerprint density at radius 3 is 3.00 bits per heavy atom. The van der Waals surface area contributed by atoms with E-state index in [0.29, 0.717) is 6.04 Å². The third kappa shape index (κ3) is 3.97. The van der Waals surface area contributed by atoms with Gasteiger partial charge < -0.3 is 15.4 Å². The smallest absolute Gasteiger partial charge is 0.258 e. The third-order valence-electron chi connectivity index (χ3n) is 4.06.